The Kier molecular flexibility index (Phi) is 6.38. The molecular weight excluding hydrogens is 374 g/mol. The molecule has 0 saturated heterocycles. The fraction of sp³-hybridized carbons (Fsp3) is 0.320. The van der Waals surface area contributed by atoms with Gasteiger partial charge in [0, 0.05) is 6.54 Å². The zero-order valence-electron chi connectivity index (χ0n) is 17.1. The third-order valence-corrected chi connectivity index (χ3v) is 5.61. The molecule has 0 fully saturated rings. The van der Waals surface area contributed by atoms with Gasteiger partial charge in [-0.05, 0) is 49.8 Å². The quantitative estimate of drug-likeness (QED) is 0.722. The summed E-state index contributed by atoms with van der Waals surface area (Å²) in [4.78, 5) is 32.0. The largest absolute Gasteiger partial charge is 0.354 e. The molecule has 4 rings (SSSR count). The van der Waals surface area contributed by atoms with E-state index in [1.54, 1.807) is 4.90 Å². The number of hydrogen-bond donors (Lipinski definition) is 1. The van der Waals surface area contributed by atoms with E-state index in [0.717, 1.165) is 30.5 Å². The van der Waals surface area contributed by atoms with Crippen LogP contribution in [-0.4, -0.2) is 30.6 Å². The molecule has 0 spiro atoms. The highest BCUT2D eigenvalue weighted by Crippen LogP contribution is 2.32. The summed E-state index contributed by atoms with van der Waals surface area (Å²) in [6, 6.07) is 17.2. The van der Waals surface area contributed by atoms with Crippen LogP contribution in [0.5, 0.6) is 0 Å². The first-order valence-corrected chi connectivity index (χ1v) is 10.7. The second-order valence-electron chi connectivity index (χ2n) is 7.78. The van der Waals surface area contributed by atoms with Crippen LogP contribution in [-0.2, 0) is 9.59 Å². The van der Waals surface area contributed by atoms with Crippen molar-refractivity contribution in [3.8, 4) is 0 Å². The van der Waals surface area contributed by atoms with Crippen molar-refractivity contribution < 1.29 is 9.59 Å². The maximum absolute atomic E-state index is 13.1. The lowest BCUT2D eigenvalue weighted by Crippen LogP contribution is -2.41. The maximum atomic E-state index is 13.1. The first-order valence-electron chi connectivity index (χ1n) is 10.7. The number of amides is 2. The van der Waals surface area contributed by atoms with Gasteiger partial charge in [0.1, 0.15) is 6.54 Å². The number of para-hydroxylation sites is 2. The second-order valence-corrected chi connectivity index (χ2v) is 7.78. The average molecular weight is 402 g/mol. The Labute approximate surface area is 177 Å². The van der Waals surface area contributed by atoms with Crippen molar-refractivity contribution >= 4 is 28.9 Å². The number of carbonyl (C=O) groups excluding carboxylic acids is 2. The van der Waals surface area contributed by atoms with Crippen molar-refractivity contribution in [1.82, 2.24) is 5.32 Å². The average Bonchev–Trinajstić information content (AvgIpc) is 2.92. The highest BCUT2D eigenvalue weighted by molar-refractivity contribution is 6.18. The van der Waals surface area contributed by atoms with Gasteiger partial charge in [-0.25, -0.2) is 0 Å². The number of benzene rings is 2. The van der Waals surface area contributed by atoms with Gasteiger partial charge in [0.15, 0.2) is 0 Å². The van der Waals surface area contributed by atoms with Crippen LogP contribution < -0.4 is 10.2 Å². The predicted octanol–water partition coefficient (Wildman–Crippen LogP) is 4.55. The highest BCUT2D eigenvalue weighted by Gasteiger charge is 2.26. The molecule has 5 heteroatoms. The number of anilines is 1. The van der Waals surface area contributed by atoms with E-state index in [1.807, 2.05) is 54.6 Å². The van der Waals surface area contributed by atoms with Crippen LogP contribution in [0.1, 0.15) is 44.1 Å². The van der Waals surface area contributed by atoms with Gasteiger partial charge in [0.2, 0.25) is 11.8 Å². The maximum Gasteiger partial charge on any atom is 0.240 e. The van der Waals surface area contributed by atoms with Crippen LogP contribution in [0.3, 0.4) is 0 Å². The summed E-state index contributed by atoms with van der Waals surface area (Å²) < 4.78 is 0. The summed E-state index contributed by atoms with van der Waals surface area (Å²) >= 11 is 0. The molecule has 0 bridgehead atoms. The standard InChI is InChI=1S/C25H27N3O2/c29-24(26-16-15-19-9-3-1-4-10-19)18-28-23-14-8-7-13-21(23)27-22(17-25(28)30)20-11-5-2-6-12-20/h2,5-9,11-14H,1,3-4,10,15-18H2,(H,26,29). The summed E-state index contributed by atoms with van der Waals surface area (Å²) in [5, 5.41) is 2.98. The van der Waals surface area contributed by atoms with Crippen LogP contribution in [0, 0.1) is 0 Å². The molecule has 0 saturated carbocycles. The zero-order valence-corrected chi connectivity index (χ0v) is 17.1. The molecule has 1 heterocycles. The Morgan fingerprint density at radius 1 is 1.03 bits per heavy atom. The van der Waals surface area contributed by atoms with Crippen molar-refractivity contribution in [2.75, 3.05) is 18.0 Å². The lowest BCUT2D eigenvalue weighted by atomic mass is 9.97. The molecule has 154 valence electrons. The molecule has 5 nitrogen and oxygen atoms in total. The SMILES string of the molecule is O=C(CN1C(=O)CC(c2ccccc2)=Nc2ccccc21)NCCC1=CCCCC1. The first-order chi connectivity index (χ1) is 14.7. The Bertz CT molecular complexity index is 979. The minimum atomic E-state index is -0.141. The van der Waals surface area contributed by atoms with E-state index in [4.69, 9.17) is 4.99 Å². The molecular formula is C25H27N3O2. The van der Waals surface area contributed by atoms with E-state index in [2.05, 4.69) is 11.4 Å². The van der Waals surface area contributed by atoms with Gasteiger partial charge in [-0.1, -0.05) is 54.1 Å². The molecule has 1 N–H and O–H groups in total. The molecule has 0 aromatic heterocycles. The number of nitrogens with zero attached hydrogens (tertiary/aromatic N) is 2. The summed E-state index contributed by atoms with van der Waals surface area (Å²) in [6.45, 7) is 0.618. The summed E-state index contributed by atoms with van der Waals surface area (Å²) in [6.07, 6.45) is 8.13. The zero-order chi connectivity index (χ0) is 20.8. The number of allylic oxidation sites excluding steroid dienone is 1. The van der Waals surface area contributed by atoms with Crippen molar-refractivity contribution in [3.05, 3.63) is 71.8 Å². The number of hydrogen-bond acceptors (Lipinski definition) is 3. The van der Waals surface area contributed by atoms with E-state index in [0.29, 0.717) is 17.9 Å². The van der Waals surface area contributed by atoms with Crippen LogP contribution in [0.2, 0.25) is 0 Å². The number of fused-ring (bicyclic) bond motifs is 1. The minimum Gasteiger partial charge on any atom is -0.354 e. The molecule has 1 aliphatic heterocycles. The Morgan fingerprint density at radius 3 is 2.63 bits per heavy atom. The number of nitrogens with one attached hydrogen (secondary N) is 1. The Balaban J connectivity index is 1.46. The Hall–Kier alpha value is -3.21. The molecule has 1 aliphatic carbocycles. The van der Waals surface area contributed by atoms with Crippen LogP contribution in [0.15, 0.2) is 71.2 Å². The van der Waals surface area contributed by atoms with Gasteiger partial charge in [0.05, 0.1) is 23.5 Å². The van der Waals surface area contributed by atoms with E-state index in [1.165, 1.54) is 18.4 Å². The molecule has 0 radical (unpaired) electrons. The van der Waals surface area contributed by atoms with E-state index in [9.17, 15) is 9.59 Å². The summed E-state index contributed by atoms with van der Waals surface area (Å²) in [7, 11) is 0. The van der Waals surface area contributed by atoms with Crippen molar-refractivity contribution in [3.63, 3.8) is 0 Å². The predicted molar refractivity (Wildman–Crippen MR) is 120 cm³/mol. The monoisotopic (exact) mass is 401 g/mol. The number of aliphatic imine (C=N–C) groups is 1. The topological polar surface area (TPSA) is 61.8 Å². The molecule has 30 heavy (non-hydrogen) atoms. The van der Waals surface area contributed by atoms with Crippen LogP contribution in [0.4, 0.5) is 11.4 Å². The highest BCUT2D eigenvalue weighted by atomic mass is 16.2. The van der Waals surface area contributed by atoms with Crippen molar-refractivity contribution in [2.24, 2.45) is 4.99 Å². The minimum absolute atomic E-state index is 0.00643. The molecule has 2 aromatic rings. The molecule has 0 atom stereocenters. The van der Waals surface area contributed by atoms with E-state index in [-0.39, 0.29) is 24.8 Å². The molecule has 2 aromatic carbocycles. The third kappa shape index (κ3) is 4.85. The van der Waals surface area contributed by atoms with Crippen LogP contribution >= 0.6 is 0 Å². The summed E-state index contributed by atoms with van der Waals surface area (Å²) in [5.41, 5.74) is 4.47. The normalized spacial score (nSPS) is 16.3. The molecule has 2 amide bonds. The van der Waals surface area contributed by atoms with Crippen LogP contribution in [0.25, 0.3) is 0 Å². The van der Waals surface area contributed by atoms with Gasteiger partial charge < -0.3 is 10.2 Å². The summed E-state index contributed by atoms with van der Waals surface area (Å²) in [5.74, 6) is -0.259. The third-order valence-electron chi connectivity index (χ3n) is 5.61. The van der Waals surface area contributed by atoms with Crippen molar-refractivity contribution in [2.45, 2.75) is 38.5 Å². The molecule has 0 unspecified atom stereocenters. The van der Waals surface area contributed by atoms with Crippen molar-refractivity contribution in [1.29, 1.82) is 0 Å². The lowest BCUT2D eigenvalue weighted by Gasteiger charge is -2.22. The van der Waals surface area contributed by atoms with Gasteiger partial charge in [0.25, 0.3) is 0 Å². The first kappa shape index (κ1) is 20.1. The fourth-order valence-electron chi connectivity index (χ4n) is 4.01. The smallest absolute Gasteiger partial charge is 0.240 e. The van der Waals surface area contributed by atoms with E-state index < -0.39 is 0 Å². The lowest BCUT2D eigenvalue weighted by molar-refractivity contribution is -0.123. The van der Waals surface area contributed by atoms with Gasteiger partial charge in [-0.3, -0.25) is 14.6 Å². The van der Waals surface area contributed by atoms with Gasteiger partial charge in [-0.2, -0.15) is 0 Å². The second kappa shape index (κ2) is 9.53. The number of rotatable bonds is 6. The number of carbonyl (C=O) groups is 2. The van der Waals surface area contributed by atoms with Gasteiger partial charge >= 0.3 is 0 Å². The van der Waals surface area contributed by atoms with E-state index >= 15 is 0 Å². The van der Waals surface area contributed by atoms with Gasteiger partial charge in [-0.15, -0.1) is 0 Å². The fourth-order valence-corrected chi connectivity index (χ4v) is 4.01. The molecule has 2 aliphatic rings. The Morgan fingerprint density at radius 2 is 1.83 bits per heavy atom.